The van der Waals surface area contributed by atoms with Crippen LogP contribution in [0.4, 0.5) is 0 Å². The number of carbonyl (C=O) groups excluding carboxylic acids is 2. The Kier molecular flexibility index (Phi) is 4.58. The molecule has 5 heteroatoms. The fourth-order valence-electron chi connectivity index (χ4n) is 2.83. The lowest BCUT2D eigenvalue weighted by Gasteiger charge is -2.30. The molecule has 18 heavy (non-hydrogen) atoms. The average molecular weight is 253 g/mol. The number of piperazine rings is 1. The van der Waals surface area contributed by atoms with Gasteiger partial charge in [0.05, 0.1) is 6.54 Å². The Morgan fingerprint density at radius 3 is 2.67 bits per heavy atom. The average Bonchev–Trinajstić information content (AvgIpc) is 2.40. The van der Waals surface area contributed by atoms with Crippen LogP contribution in [0.25, 0.3) is 0 Å². The maximum Gasteiger partial charge on any atom is 0.239 e. The number of nitrogens with one attached hydrogen (secondary N) is 3. The summed E-state index contributed by atoms with van der Waals surface area (Å²) in [6.45, 7) is 2.72. The lowest BCUT2D eigenvalue weighted by atomic mass is 9.84. The molecule has 0 aromatic heterocycles. The van der Waals surface area contributed by atoms with E-state index in [1.54, 1.807) is 0 Å². The fraction of sp³-hybridized carbons (Fsp3) is 0.846. The summed E-state index contributed by atoms with van der Waals surface area (Å²) in [5, 5.41) is 8.74. The molecule has 0 aromatic carbocycles. The molecule has 2 amide bonds. The van der Waals surface area contributed by atoms with Crippen LogP contribution in [0.5, 0.6) is 0 Å². The molecular formula is C13H23N3O2. The van der Waals surface area contributed by atoms with Gasteiger partial charge in [-0.15, -0.1) is 0 Å². The third kappa shape index (κ3) is 3.45. The molecule has 102 valence electrons. The van der Waals surface area contributed by atoms with Crippen molar-refractivity contribution in [3.8, 4) is 0 Å². The predicted molar refractivity (Wildman–Crippen MR) is 69.0 cm³/mol. The minimum Gasteiger partial charge on any atom is -0.353 e. The maximum atomic E-state index is 12.0. The SMILES string of the molecule is C[C@H](NC(=O)C1CNC(=O)CN1)C1CCCCC1. The van der Waals surface area contributed by atoms with E-state index in [-0.39, 0.29) is 30.4 Å². The van der Waals surface area contributed by atoms with E-state index in [0.717, 1.165) is 0 Å². The third-order valence-electron chi connectivity index (χ3n) is 4.06. The largest absolute Gasteiger partial charge is 0.353 e. The molecular weight excluding hydrogens is 230 g/mol. The summed E-state index contributed by atoms with van der Waals surface area (Å²) in [5.74, 6) is 0.577. The van der Waals surface area contributed by atoms with Gasteiger partial charge in [-0.25, -0.2) is 0 Å². The Morgan fingerprint density at radius 1 is 1.33 bits per heavy atom. The zero-order chi connectivity index (χ0) is 13.0. The van der Waals surface area contributed by atoms with E-state index in [1.807, 2.05) is 0 Å². The zero-order valence-corrected chi connectivity index (χ0v) is 11.0. The lowest BCUT2D eigenvalue weighted by Crippen LogP contribution is -2.59. The number of rotatable bonds is 3. The van der Waals surface area contributed by atoms with Crippen LogP contribution in [0.3, 0.4) is 0 Å². The molecule has 1 aliphatic heterocycles. The number of carbonyl (C=O) groups is 2. The number of amides is 2. The highest BCUT2D eigenvalue weighted by Crippen LogP contribution is 2.26. The minimum atomic E-state index is -0.284. The van der Waals surface area contributed by atoms with E-state index in [4.69, 9.17) is 0 Å². The van der Waals surface area contributed by atoms with Crippen molar-refractivity contribution in [2.45, 2.75) is 51.1 Å². The molecule has 0 aromatic rings. The van der Waals surface area contributed by atoms with Crippen molar-refractivity contribution in [3.05, 3.63) is 0 Å². The molecule has 1 unspecified atom stereocenters. The summed E-state index contributed by atoms with van der Waals surface area (Å²) in [6.07, 6.45) is 6.32. The maximum absolute atomic E-state index is 12.0. The van der Waals surface area contributed by atoms with Gasteiger partial charge in [-0.3, -0.25) is 14.9 Å². The third-order valence-corrected chi connectivity index (χ3v) is 4.06. The van der Waals surface area contributed by atoms with Crippen molar-refractivity contribution in [1.29, 1.82) is 0 Å². The molecule has 1 saturated carbocycles. The van der Waals surface area contributed by atoms with E-state index in [9.17, 15) is 9.59 Å². The van der Waals surface area contributed by atoms with Crippen LogP contribution in [-0.2, 0) is 9.59 Å². The van der Waals surface area contributed by atoms with E-state index in [0.29, 0.717) is 12.5 Å². The summed E-state index contributed by atoms with van der Waals surface area (Å²) < 4.78 is 0. The van der Waals surface area contributed by atoms with Crippen LogP contribution in [0.15, 0.2) is 0 Å². The van der Waals surface area contributed by atoms with Crippen LogP contribution < -0.4 is 16.0 Å². The quantitative estimate of drug-likeness (QED) is 0.671. The van der Waals surface area contributed by atoms with E-state index in [1.165, 1.54) is 32.1 Å². The summed E-state index contributed by atoms with van der Waals surface area (Å²) in [6, 6.07) is -0.0500. The van der Waals surface area contributed by atoms with E-state index in [2.05, 4.69) is 22.9 Å². The van der Waals surface area contributed by atoms with Gasteiger partial charge in [0.2, 0.25) is 11.8 Å². The molecule has 1 heterocycles. The molecule has 2 aliphatic rings. The van der Waals surface area contributed by atoms with Crippen LogP contribution in [-0.4, -0.2) is 37.0 Å². The smallest absolute Gasteiger partial charge is 0.239 e. The second kappa shape index (κ2) is 6.18. The van der Waals surface area contributed by atoms with Crippen LogP contribution in [0.1, 0.15) is 39.0 Å². The zero-order valence-electron chi connectivity index (χ0n) is 11.0. The van der Waals surface area contributed by atoms with Crippen LogP contribution >= 0.6 is 0 Å². The van der Waals surface area contributed by atoms with Crippen LogP contribution in [0.2, 0.25) is 0 Å². The Morgan fingerprint density at radius 2 is 2.06 bits per heavy atom. The summed E-state index contributed by atoms with van der Waals surface area (Å²) >= 11 is 0. The van der Waals surface area contributed by atoms with Gasteiger partial charge in [0.15, 0.2) is 0 Å². The summed E-state index contributed by atoms with van der Waals surface area (Å²) in [7, 11) is 0. The van der Waals surface area contributed by atoms with Crippen molar-refractivity contribution >= 4 is 11.8 Å². The normalized spacial score (nSPS) is 27.4. The van der Waals surface area contributed by atoms with Gasteiger partial charge in [0.1, 0.15) is 6.04 Å². The van der Waals surface area contributed by atoms with E-state index < -0.39 is 0 Å². The lowest BCUT2D eigenvalue weighted by molar-refractivity contribution is -0.127. The molecule has 2 fully saturated rings. The highest BCUT2D eigenvalue weighted by molar-refractivity contribution is 5.86. The molecule has 2 atom stereocenters. The van der Waals surface area contributed by atoms with Gasteiger partial charge < -0.3 is 10.6 Å². The van der Waals surface area contributed by atoms with Gasteiger partial charge in [-0.2, -0.15) is 0 Å². The Labute approximate surface area is 108 Å². The van der Waals surface area contributed by atoms with Crippen molar-refractivity contribution < 1.29 is 9.59 Å². The van der Waals surface area contributed by atoms with Crippen LogP contribution in [0, 0.1) is 5.92 Å². The summed E-state index contributed by atoms with van der Waals surface area (Å²) in [4.78, 5) is 23.0. The second-order valence-corrected chi connectivity index (χ2v) is 5.43. The fourth-order valence-corrected chi connectivity index (χ4v) is 2.83. The van der Waals surface area contributed by atoms with Gasteiger partial charge in [-0.1, -0.05) is 19.3 Å². The van der Waals surface area contributed by atoms with Gasteiger partial charge in [0, 0.05) is 12.6 Å². The Hall–Kier alpha value is -1.10. The summed E-state index contributed by atoms with van der Waals surface area (Å²) in [5.41, 5.74) is 0. The predicted octanol–water partition coefficient (Wildman–Crippen LogP) is 0.159. The topological polar surface area (TPSA) is 70.2 Å². The molecule has 1 aliphatic carbocycles. The Balaban J connectivity index is 1.77. The Bertz CT molecular complexity index is 303. The first kappa shape index (κ1) is 13.3. The van der Waals surface area contributed by atoms with Crippen molar-refractivity contribution in [1.82, 2.24) is 16.0 Å². The van der Waals surface area contributed by atoms with E-state index >= 15 is 0 Å². The number of hydrogen-bond acceptors (Lipinski definition) is 3. The molecule has 2 rings (SSSR count). The van der Waals surface area contributed by atoms with Gasteiger partial charge in [0.25, 0.3) is 0 Å². The molecule has 0 spiro atoms. The molecule has 0 bridgehead atoms. The monoisotopic (exact) mass is 253 g/mol. The first-order valence-corrected chi connectivity index (χ1v) is 6.97. The molecule has 0 radical (unpaired) electrons. The highest BCUT2D eigenvalue weighted by Gasteiger charge is 2.27. The molecule has 5 nitrogen and oxygen atoms in total. The van der Waals surface area contributed by atoms with Crippen molar-refractivity contribution in [2.24, 2.45) is 5.92 Å². The molecule has 3 N–H and O–H groups in total. The highest BCUT2D eigenvalue weighted by atomic mass is 16.2. The second-order valence-electron chi connectivity index (χ2n) is 5.43. The van der Waals surface area contributed by atoms with Crippen molar-refractivity contribution in [3.63, 3.8) is 0 Å². The minimum absolute atomic E-state index is 0.00748. The first-order valence-electron chi connectivity index (χ1n) is 6.97. The number of hydrogen-bond donors (Lipinski definition) is 3. The van der Waals surface area contributed by atoms with Crippen molar-refractivity contribution in [2.75, 3.05) is 13.1 Å². The van der Waals surface area contributed by atoms with Gasteiger partial charge >= 0.3 is 0 Å². The standard InChI is InChI=1S/C13H23N3O2/c1-9(10-5-3-2-4-6-10)16-13(18)11-7-15-12(17)8-14-11/h9-11,14H,2-8H2,1H3,(H,15,17)(H,16,18)/t9-,11?/m0/s1. The first-order chi connectivity index (χ1) is 8.66. The molecule has 1 saturated heterocycles. The van der Waals surface area contributed by atoms with Gasteiger partial charge in [-0.05, 0) is 25.7 Å².